The predicted octanol–water partition coefficient (Wildman–Crippen LogP) is -0.125. The summed E-state index contributed by atoms with van der Waals surface area (Å²) in [6.45, 7) is 0.972. The largest absolute Gasteiger partial charge is 0.405 e. The van der Waals surface area contributed by atoms with E-state index in [1.54, 1.807) is 12.2 Å². The molecule has 0 bridgehead atoms. The average Bonchev–Trinajstić information content (AvgIpc) is 2.41. The molecule has 0 aliphatic carbocycles. The first-order valence-corrected chi connectivity index (χ1v) is 5.65. The maximum Gasteiger partial charge on any atom is 0.405 e. The predicted molar refractivity (Wildman–Crippen MR) is 57.7 cm³/mol. The smallest absolute Gasteiger partial charge is 0.345 e. The minimum atomic E-state index is -4.44. The first kappa shape index (κ1) is 14.7. The van der Waals surface area contributed by atoms with Crippen LogP contribution in [0, 0.1) is 0 Å². The highest BCUT2D eigenvalue weighted by Gasteiger charge is 2.29. The van der Waals surface area contributed by atoms with Crippen LogP contribution in [0.3, 0.4) is 0 Å². The molecule has 1 aliphatic heterocycles. The van der Waals surface area contributed by atoms with Gasteiger partial charge in [-0.3, -0.25) is 9.59 Å². The maximum atomic E-state index is 11.9. The molecule has 0 saturated carbocycles. The van der Waals surface area contributed by atoms with Crippen LogP contribution in [0.1, 0.15) is 13.3 Å². The Hall–Kier alpha value is -1.31. The Labute approximate surface area is 103 Å². The molecule has 2 amide bonds. The molecule has 1 unspecified atom stereocenters. The number of alkyl halides is 3. The van der Waals surface area contributed by atoms with Crippen molar-refractivity contribution in [3.05, 3.63) is 0 Å². The van der Waals surface area contributed by atoms with Gasteiger partial charge >= 0.3 is 6.18 Å². The van der Waals surface area contributed by atoms with Crippen molar-refractivity contribution in [3.63, 3.8) is 0 Å². The normalized spacial score (nSPS) is 21.7. The number of nitrogens with zero attached hydrogens (tertiary/aromatic N) is 1. The zero-order valence-electron chi connectivity index (χ0n) is 10.0. The van der Waals surface area contributed by atoms with Gasteiger partial charge in [0.05, 0.1) is 12.6 Å². The monoisotopic (exact) mass is 267 g/mol. The van der Waals surface area contributed by atoms with Crippen molar-refractivity contribution in [2.45, 2.75) is 25.6 Å². The van der Waals surface area contributed by atoms with Gasteiger partial charge in [0.1, 0.15) is 6.54 Å². The third-order valence-corrected chi connectivity index (χ3v) is 2.56. The van der Waals surface area contributed by atoms with E-state index in [1.165, 1.54) is 4.90 Å². The number of halogens is 3. The number of rotatable bonds is 3. The maximum absolute atomic E-state index is 11.9. The molecule has 0 spiro atoms. The summed E-state index contributed by atoms with van der Waals surface area (Å²) >= 11 is 0. The fraction of sp³-hybridized carbons (Fsp3) is 0.800. The van der Waals surface area contributed by atoms with Crippen LogP contribution in [-0.4, -0.2) is 55.1 Å². The van der Waals surface area contributed by atoms with E-state index in [2.05, 4.69) is 5.32 Å². The number of carbonyl (C=O) groups excluding carboxylic acids is 2. The number of hydrogen-bond donors (Lipinski definition) is 2. The molecule has 18 heavy (non-hydrogen) atoms. The van der Waals surface area contributed by atoms with Crippen LogP contribution in [0.2, 0.25) is 0 Å². The Morgan fingerprint density at radius 3 is 2.83 bits per heavy atom. The summed E-state index contributed by atoms with van der Waals surface area (Å²) in [6, 6.07) is -0.414. The van der Waals surface area contributed by atoms with Gasteiger partial charge in [0.2, 0.25) is 11.8 Å². The second kappa shape index (κ2) is 6.03. The summed E-state index contributed by atoms with van der Waals surface area (Å²) in [5.41, 5.74) is 0. The Balaban J connectivity index is 2.45. The van der Waals surface area contributed by atoms with E-state index in [0.29, 0.717) is 19.5 Å². The summed E-state index contributed by atoms with van der Waals surface area (Å²) in [4.78, 5) is 24.3. The Bertz CT molecular complexity index is 320. The van der Waals surface area contributed by atoms with Crippen molar-refractivity contribution < 1.29 is 22.8 Å². The van der Waals surface area contributed by atoms with Crippen LogP contribution in [0.25, 0.3) is 0 Å². The van der Waals surface area contributed by atoms with Gasteiger partial charge in [-0.15, -0.1) is 0 Å². The van der Waals surface area contributed by atoms with E-state index in [-0.39, 0.29) is 12.5 Å². The van der Waals surface area contributed by atoms with E-state index in [4.69, 9.17) is 0 Å². The molecule has 1 aliphatic rings. The molecule has 2 N–H and O–H groups in total. The summed E-state index contributed by atoms with van der Waals surface area (Å²) < 4.78 is 35.7. The van der Waals surface area contributed by atoms with Gasteiger partial charge in [-0.25, -0.2) is 0 Å². The lowest BCUT2D eigenvalue weighted by atomic mass is 10.3. The average molecular weight is 267 g/mol. The van der Waals surface area contributed by atoms with Crippen LogP contribution < -0.4 is 10.6 Å². The SMILES string of the molecule is CC1NCCCN(CC(=O)NCC(F)(F)F)C1=O. The highest BCUT2D eigenvalue weighted by Crippen LogP contribution is 2.12. The van der Waals surface area contributed by atoms with Crippen LogP contribution in [-0.2, 0) is 9.59 Å². The molecular weight excluding hydrogens is 251 g/mol. The van der Waals surface area contributed by atoms with Gasteiger partial charge < -0.3 is 15.5 Å². The molecule has 1 heterocycles. The number of carbonyl (C=O) groups is 2. The molecule has 1 saturated heterocycles. The molecule has 1 rings (SSSR count). The van der Waals surface area contributed by atoms with E-state index in [1.807, 2.05) is 0 Å². The number of hydrogen-bond acceptors (Lipinski definition) is 3. The van der Waals surface area contributed by atoms with Gasteiger partial charge in [0, 0.05) is 6.54 Å². The van der Waals surface area contributed by atoms with E-state index in [9.17, 15) is 22.8 Å². The molecule has 0 aromatic heterocycles. The first-order chi connectivity index (χ1) is 8.29. The van der Waals surface area contributed by atoms with Gasteiger partial charge in [-0.05, 0) is 19.9 Å². The van der Waals surface area contributed by atoms with E-state index < -0.39 is 24.7 Å². The van der Waals surface area contributed by atoms with Gasteiger partial charge in [-0.1, -0.05) is 0 Å². The topological polar surface area (TPSA) is 61.4 Å². The zero-order valence-corrected chi connectivity index (χ0v) is 10.0. The summed E-state index contributed by atoms with van der Waals surface area (Å²) in [7, 11) is 0. The Morgan fingerprint density at radius 1 is 1.56 bits per heavy atom. The number of nitrogens with one attached hydrogen (secondary N) is 2. The van der Waals surface area contributed by atoms with Crippen molar-refractivity contribution in [2.75, 3.05) is 26.2 Å². The van der Waals surface area contributed by atoms with E-state index >= 15 is 0 Å². The van der Waals surface area contributed by atoms with Crippen LogP contribution >= 0.6 is 0 Å². The lowest BCUT2D eigenvalue weighted by molar-refractivity contribution is -0.142. The van der Waals surface area contributed by atoms with Gasteiger partial charge in [0.15, 0.2) is 0 Å². The van der Waals surface area contributed by atoms with Gasteiger partial charge in [0.25, 0.3) is 0 Å². The fourth-order valence-electron chi connectivity index (χ4n) is 1.64. The molecule has 1 fully saturated rings. The van der Waals surface area contributed by atoms with Gasteiger partial charge in [-0.2, -0.15) is 13.2 Å². The zero-order chi connectivity index (χ0) is 13.8. The van der Waals surface area contributed by atoms with Crippen molar-refractivity contribution in [1.82, 2.24) is 15.5 Å². The van der Waals surface area contributed by atoms with Crippen LogP contribution in [0.15, 0.2) is 0 Å². The molecule has 0 aromatic carbocycles. The van der Waals surface area contributed by atoms with Crippen molar-refractivity contribution in [2.24, 2.45) is 0 Å². The molecule has 1 atom stereocenters. The van der Waals surface area contributed by atoms with Crippen molar-refractivity contribution in [3.8, 4) is 0 Å². The number of amides is 2. The Kier molecular flexibility index (Phi) is 4.94. The summed E-state index contributed by atoms with van der Waals surface area (Å²) in [6.07, 6.45) is -3.77. The summed E-state index contributed by atoms with van der Waals surface area (Å²) in [5, 5.41) is 4.70. The molecular formula is C10H16F3N3O2. The lowest BCUT2D eigenvalue weighted by Crippen LogP contribution is -2.47. The molecule has 0 radical (unpaired) electrons. The van der Waals surface area contributed by atoms with Crippen molar-refractivity contribution in [1.29, 1.82) is 0 Å². The minimum Gasteiger partial charge on any atom is -0.345 e. The second-order valence-corrected chi connectivity index (χ2v) is 4.18. The Morgan fingerprint density at radius 2 is 2.22 bits per heavy atom. The summed E-state index contributed by atoms with van der Waals surface area (Å²) in [5.74, 6) is -1.07. The molecule has 0 aromatic rings. The van der Waals surface area contributed by atoms with E-state index in [0.717, 1.165) is 0 Å². The van der Waals surface area contributed by atoms with Crippen molar-refractivity contribution >= 4 is 11.8 Å². The standard InChI is InChI=1S/C10H16F3N3O2/c1-7-9(18)16(4-2-3-14-7)5-8(17)15-6-10(11,12)13/h7,14H,2-6H2,1H3,(H,15,17). The van der Waals surface area contributed by atoms with Crippen LogP contribution in [0.5, 0.6) is 0 Å². The third kappa shape index (κ3) is 4.91. The highest BCUT2D eigenvalue weighted by atomic mass is 19.4. The first-order valence-electron chi connectivity index (χ1n) is 5.65. The fourth-order valence-corrected chi connectivity index (χ4v) is 1.64. The second-order valence-electron chi connectivity index (χ2n) is 4.18. The molecule has 5 nitrogen and oxygen atoms in total. The quantitative estimate of drug-likeness (QED) is 0.749. The minimum absolute atomic E-state index is 0.269. The third-order valence-electron chi connectivity index (χ3n) is 2.56. The molecule has 8 heteroatoms. The lowest BCUT2D eigenvalue weighted by Gasteiger charge is -2.22. The van der Waals surface area contributed by atoms with Crippen LogP contribution in [0.4, 0.5) is 13.2 Å². The molecule has 104 valence electrons. The highest BCUT2D eigenvalue weighted by molar-refractivity contribution is 5.87.